The van der Waals surface area contributed by atoms with Gasteiger partial charge in [-0.05, 0) is 23.6 Å². The van der Waals surface area contributed by atoms with E-state index in [9.17, 15) is 14.7 Å². The molecule has 0 amide bonds. The van der Waals surface area contributed by atoms with Gasteiger partial charge in [-0.25, -0.2) is 0 Å². The molecule has 0 saturated carbocycles. The van der Waals surface area contributed by atoms with Crippen LogP contribution in [0.5, 0.6) is 0 Å². The number of aliphatic carboxylic acids is 1. The number of rotatable bonds is 5. The molecule has 0 saturated heterocycles. The molecule has 28 heavy (non-hydrogen) atoms. The van der Waals surface area contributed by atoms with Crippen LogP contribution in [0.2, 0.25) is 0 Å². The summed E-state index contributed by atoms with van der Waals surface area (Å²) in [5.41, 5.74) is 3.09. The zero-order valence-corrected chi connectivity index (χ0v) is 15.9. The fourth-order valence-electron chi connectivity index (χ4n) is 3.88. The van der Waals surface area contributed by atoms with E-state index >= 15 is 0 Å². The van der Waals surface area contributed by atoms with Crippen molar-refractivity contribution < 1.29 is 9.90 Å². The number of fused-ring (bicyclic) bond motifs is 3. The van der Waals surface area contributed by atoms with E-state index in [-0.39, 0.29) is 18.0 Å². The van der Waals surface area contributed by atoms with Gasteiger partial charge in [0.1, 0.15) is 12.1 Å². The largest absolute Gasteiger partial charge is 0.480 e. The van der Waals surface area contributed by atoms with Crippen molar-refractivity contribution in [3.63, 3.8) is 0 Å². The molecule has 0 unspecified atom stereocenters. The molecule has 0 aliphatic carbocycles. The molecule has 0 radical (unpaired) electrons. The number of carboxylic acids is 1. The molecule has 0 fully saturated rings. The molecule has 4 aromatic rings. The van der Waals surface area contributed by atoms with Crippen LogP contribution < -0.4 is 5.56 Å². The molecular formula is C23H22N2O3. The van der Waals surface area contributed by atoms with Gasteiger partial charge in [-0.1, -0.05) is 62.4 Å². The molecule has 142 valence electrons. The van der Waals surface area contributed by atoms with Crippen LogP contribution in [0.3, 0.4) is 0 Å². The van der Waals surface area contributed by atoms with Gasteiger partial charge < -0.3 is 9.67 Å². The highest BCUT2D eigenvalue weighted by Gasteiger charge is 2.20. The molecule has 2 aromatic heterocycles. The van der Waals surface area contributed by atoms with E-state index in [2.05, 4.69) is 0 Å². The van der Waals surface area contributed by atoms with Crippen LogP contribution in [0.1, 0.15) is 31.0 Å². The van der Waals surface area contributed by atoms with Gasteiger partial charge in [0.05, 0.1) is 0 Å². The Morgan fingerprint density at radius 1 is 0.964 bits per heavy atom. The Morgan fingerprint density at radius 3 is 2.32 bits per heavy atom. The fourth-order valence-corrected chi connectivity index (χ4v) is 3.88. The summed E-state index contributed by atoms with van der Waals surface area (Å²) in [6, 6.07) is 19.9. The first-order valence-electron chi connectivity index (χ1n) is 9.37. The SMILES string of the molecule is CC(C)c1cc2c3ccccc3n(Cc3ccccc3)c2c(=O)n1CC(=O)O. The minimum absolute atomic E-state index is 0.0349. The lowest BCUT2D eigenvalue weighted by molar-refractivity contribution is -0.137. The molecule has 0 aliphatic heterocycles. The third-order valence-corrected chi connectivity index (χ3v) is 5.13. The number of carbonyl (C=O) groups is 1. The molecule has 2 heterocycles. The van der Waals surface area contributed by atoms with E-state index in [0.29, 0.717) is 12.1 Å². The first-order chi connectivity index (χ1) is 13.5. The lowest BCUT2D eigenvalue weighted by Gasteiger charge is -2.15. The number of hydrogen-bond acceptors (Lipinski definition) is 2. The summed E-state index contributed by atoms with van der Waals surface area (Å²) < 4.78 is 3.40. The third kappa shape index (κ3) is 2.99. The van der Waals surface area contributed by atoms with Gasteiger partial charge in [0.2, 0.25) is 0 Å². The van der Waals surface area contributed by atoms with Crippen LogP contribution in [-0.4, -0.2) is 20.2 Å². The van der Waals surface area contributed by atoms with Crippen molar-refractivity contribution in [2.45, 2.75) is 32.9 Å². The first kappa shape index (κ1) is 18.0. The maximum absolute atomic E-state index is 13.4. The maximum Gasteiger partial charge on any atom is 0.323 e. The van der Waals surface area contributed by atoms with Crippen LogP contribution in [0, 0.1) is 0 Å². The smallest absolute Gasteiger partial charge is 0.323 e. The van der Waals surface area contributed by atoms with Crippen LogP contribution in [0.15, 0.2) is 65.5 Å². The number of aromatic nitrogens is 2. The standard InChI is InChI=1S/C23H22N2O3/c1-15(2)20-12-18-17-10-6-7-11-19(17)24(13-16-8-4-3-5-9-16)22(18)23(28)25(20)14-21(26)27/h3-12,15H,13-14H2,1-2H3,(H,26,27). The Balaban J connectivity index is 2.09. The van der Waals surface area contributed by atoms with Gasteiger partial charge in [-0.15, -0.1) is 0 Å². The Morgan fingerprint density at radius 2 is 1.64 bits per heavy atom. The van der Waals surface area contributed by atoms with Crippen molar-refractivity contribution in [2.24, 2.45) is 0 Å². The van der Waals surface area contributed by atoms with Crippen molar-refractivity contribution in [3.8, 4) is 0 Å². The summed E-state index contributed by atoms with van der Waals surface area (Å²) in [4.78, 5) is 24.9. The molecule has 1 N–H and O–H groups in total. The van der Waals surface area contributed by atoms with Crippen LogP contribution in [-0.2, 0) is 17.9 Å². The molecule has 5 heteroatoms. The molecule has 0 bridgehead atoms. The summed E-state index contributed by atoms with van der Waals surface area (Å²) in [6.45, 7) is 4.16. The van der Waals surface area contributed by atoms with Gasteiger partial charge in [0.15, 0.2) is 0 Å². The normalized spacial score (nSPS) is 11.5. The van der Waals surface area contributed by atoms with Gasteiger partial charge in [-0.3, -0.25) is 14.2 Å². The molecule has 0 atom stereocenters. The number of nitrogens with zero attached hydrogens (tertiary/aromatic N) is 2. The second-order valence-electron chi connectivity index (χ2n) is 7.36. The van der Waals surface area contributed by atoms with E-state index in [0.717, 1.165) is 27.5 Å². The molecule has 0 aliphatic rings. The number of pyridine rings is 1. The average molecular weight is 374 g/mol. The van der Waals surface area contributed by atoms with E-state index in [1.54, 1.807) is 0 Å². The summed E-state index contributed by atoms with van der Waals surface area (Å²) in [5, 5.41) is 11.2. The first-order valence-corrected chi connectivity index (χ1v) is 9.37. The molecule has 4 rings (SSSR count). The van der Waals surface area contributed by atoms with E-state index in [1.165, 1.54) is 4.57 Å². The summed E-state index contributed by atoms with van der Waals surface area (Å²) in [6.07, 6.45) is 0. The van der Waals surface area contributed by atoms with Gasteiger partial charge in [0, 0.05) is 28.5 Å². The molecule has 5 nitrogen and oxygen atoms in total. The highest BCUT2D eigenvalue weighted by atomic mass is 16.4. The predicted molar refractivity (Wildman–Crippen MR) is 111 cm³/mol. The van der Waals surface area contributed by atoms with Crippen LogP contribution >= 0.6 is 0 Å². The monoisotopic (exact) mass is 374 g/mol. The minimum atomic E-state index is -1.02. The van der Waals surface area contributed by atoms with E-state index in [4.69, 9.17) is 0 Å². The highest BCUT2D eigenvalue weighted by molar-refractivity contribution is 6.08. The molecule has 2 aromatic carbocycles. The number of hydrogen-bond donors (Lipinski definition) is 1. The third-order valence-electron chi connectivity index (χ3n) is 5.13. The second kappa shape index (κ2) is 7.00. The van der Waals surface area contributed by atoms with Gasteiger partial charge in [0.25, 0.3) is 5.56 Å². The van der Waals surface area contributed by atoms with Gasteiger partial charge in [-0.2, -0.15) is 0 Å². The van der Waals surface area contributed by atoms with E-state index < -0.39 is 5.97 Å². The van der Waals surface area contributed by atoms with Crippen molar-refractivity contribution >= 4 is 27.8 Å². The topological polar surface area (TPSA) is 64.2 Å². The van der Waals surface area contributed by atoms with Gasteiger partial charge >= 0.3 is 5.97 Å². The lowest BCUT2D eigenvalue weighted by Crippen LogP contribution is -2.29. The Hall–Kier alpha value is -3.34. The fraction of sp³-hybridized carbons (Fsp3) is 0.217. The van der Waals surface area contributed by atoms with Crippen molar-refractivity contribution in [3.05, 3.63) is 82.3 Å². The van der Waals surface area contributed by atoms with Crippen molar-refractivity contribution in [1.29, 1.82) is 0 Å². The lowest BCUT2D eigenvalue weighted by atomic mass is 10.1. The highest BCUT2D eigenvalue weighted by Crippen LogP contribution is 2.30. The van der Waals surface area contributed by atoms with E-state index in [1.807, 2.05) is 79.1 Å². The zero-order chi connectivity index (χ0) is 19.8. The number of benzene rings is 2. The minimum Gasteiger partial charge on any atom is -0.480 e. The predicted octanol–water partition coefficient (Wildman–Crippen LogP) is 4.21. The summed E-state index contributed by atoms with van der Waals surface area (Å²) in [5.74, 6) is -0.984. The number of para-hydroxylation sites is 1. The van der Waals surface area contributed by atoms with Crippen LogP contribution in [0.4, 0.5) is 0 Å². The zero-order valence-electron chi connectivity index (χ0n) is 15.9. The molecule has 0 spiro atoms. The maximum atomic E-state index is 13.4. The van der Waals surface area contributed by atoms with Crippen molar-refractivity contribution in [2.75, 3.05) is 0 Å². The van der Waals surface area contributed by atoms with Crippen LogP contribution in [0.25, 0.3) is 21.8 Å². The Labute approximate surface area is 162 Å². The Kier molecular flexibility index (Phi) is 4.51. The average Bonchev–Trinajstić information content (AvgIpc) is 2.98. The summed E-state index contributed by atoms with van der Waals surface area (Å²) in [7, 11) is 0. The van der Waals surface area contributed by atoms with Crippen molar-refractivity contribution in [1.82, 2.24) is 9.13 Å². The number of carboxylic acid groups (broad SMARTS) is 1. The molecular weight excluding hydrogens is 352 g/mol. The second-order valence-corrected chi connectivity index (χ2v) is 7.36. The Bertz CT molecular complexity index is 1230. The summed E-state index contributed by atoms with van der Waals surface area (Å²) >= 11 is 0. The quantitative estimate of drug-likeness (QED) is 0.569.